The van der Waals surface area contributed by atoms with Gasteiger partial charge in [0.1, 0.15) is 11.6 Å². The third kappa shape index (κ3) is 3.48. The van der Waals surface area contributed by atoms with E-state index in [1.54, 1.807) is 6.92 Å². The second kappa shape index (κ2) is 6.70. The zero-order valence-corrected chi connectivity index (χ0v) is 11.5. The largest absolute Gasteiger partial charge is 0.493 e. The minimum absolute atomic E-state index is 0.114. The van der Waals surface area contributed by atoms with Gasteiger partial charge in [0, 0.05) is 5.56 Å². The predicted molar refractivity (Wildman–Crippen MR) is 70.8 cm³/mol. The maximum Gasteiger partial charge on any atom is 0.339 e. The molecule has 1 aromatic rings. The van der Waals surface area contributed by atoms with Crippen molar-refractivity contribution in [1.29, 1.82) is 0 Å². The van der Waals surface area contributed by atoms with E-state index in [-0.39, 0.29) is 12.2 Å². The van der Waals surface area contributed by atoms with E-state index >= 15 is 0 Å². The molecule has 1 unspecified atom stereocenters. The average Bonchev–Trinajstić information content (AvgIpc) is 2.38. The van der Waals surface area contributed by atoms with E-state index in [1.807, 2.05) is 0 Å². The van der Waals surface area contributed by atoms with Gasteiger partial charge in [0.25, 0.3) is 0 Å². The van der Waals surface area contributed by atoms with Gasteiger partial charge < -0.3 is 14.6 Å². The van der Waals surface area contributed by atoms with Crippen molar-refractivity contribution in [3.05, 3.63) is 29.6 Å². The van der Waals surface area contributed by atoms with Gasteiger partial charge in [-0.1, -0.05) is 6.42 Å². The van der Waals surface area contributed by atoms with Gasteiger partial charge in [-0.2, -0.15) is 0 Å². The number of hydrogen-bond acceptors (Lipinski definition) is 4. The van der Waals surface area contributed by atoms with E-state index in [0.29, 0.717) is 18.3 Å². The second-order valence-electron chi connectivity index (χ2n) is 4.94. The molecule has 0 bridgehead atoms. The Morgan fingerprint density at radius 1 is 1.50 bits per heavy atom. The fraction of sp³-hybridized carbons (Fsp3) is 0.533. The van der Waals surface area contributed by atoms with Gasteiger partial charge >= 0.3 is 5.97 Å². The number of aliphatic hydroxyl groups excluding tert-OH is 1. The minimum Gasteiger partial charge on any atom is -0.493 e. The van der Waals surface area contributed by atoms with Crippen LogP contribution in [0, 0.1) is 11.7 Å². The molecular weight excluding hydrogens is 263 g/mol. The van der Waals surface area contributed by atoms with Crippen LogP contribution < -0.4 is 4.74 Å². The molecule has 0 aliphatic heterocycles. The molecule has 1 aromatic carbocycles. The second-order valence-corrected chi connectivity index (χ2v) is 4.94. The van der Waals surface area contributed by atoms with E-state index in [9.17, 15) is 14.3 Å². The van der Waals surface area contributed by atoms with Gasteiger partial charge in [0.2, 0.25) is 0 Å². The minimum atomic E-state index is -1.53. The Labute approximate surface area is 117 Å². The van der Waals surface area contributed by atoms with Crippen LogP contribution in [0.15, 0.2) is 18.2 Å². The fourth-order valence-corrected chi connectivity index (χ4v) is 2.08. The molecule has 1 atom stereocenters. The number of carbonyl (C=O) groups is 1. The Bertz CT molecular complexity index is 471. The van der Waals surface area contributed by atoms with Gasteiger partial charge in [-0.15, -0.1) is 0 Å². The molecule has 0 amide bonds. The monoisotopic (exact) mass is 282 g/mol. The summed E-state index contributed by atoms with van der Waals surface area (Å²) in [6, 6.07) is 3.79. The van der Waals surface area contributed by atoms with Crippen molar-refractivity contribution in [2.24, 2.45) is 5.92 Å². The molecule has 5 heteroatoms. The standard InChI is InChI=1S/C15H19FO4/c1-2-19-15(18)14(17)12-8-11(16)6-7-13(12)20-9-10-4-3-5-10/h6-8,10,14,17H,2-5,9H2,1H3. The summed E-state index contributed by atoms with van der Waals surface area (Å²) in [7, 11) is 0. The lowest BCUT2D eigenvalue weighted by atomic mass is 9.86. The molecular formula is C15H19FO4. The van der Waals surface area contributed by atoms with Crippen LogP contribution in [-0.4, -0.2) is 24.3 Å². The summed E-state index contributed by atoms with van der Waals surface area (Å²) in [5.41, 5.74) is 0.114. The highest BCUT2D eigenvalue weighted by molar-refractivity contribution is 5.77. The van der Waals surface area contributed by atoms with Crippen molar-refractivity contribution in [3.8, 4) is 5.75 Å². The molecule has 4 nitrogen and oxygen atoms in total. The van der Waals surface area contributed by atoms with Crippen LogP contribution in [0.25, 0.3) is 0 Å². The highest BCUT2D eigenvalue weighted by Crippen LogP contribution is 2.31. The highest BCUT2D eigenvalue weighted by atomic mass is 19.1. The lowest BCUT2D eigenvalue weighted by Gasteiger charge is -2.26. The third-order valence-corrected chi connectivity index (χ3v) is 3.48. The van der Waals surface area contributed by atoms with Crippen LogP contribution >= 0.6 is 0 Å². The number of benzene rings is 1. The van der Waals surface area contributed by atoms with E-state index in [2.05, 4.69) is 0 Å². The highest BCUT2D eigenvalue weighted by Gasteiger charge is 2.24. The first-order chi connectivity index (χ1) is 9.61. The maximum absolute atomic E-state index is 13.3. The van der Waals surface area contributed by atoms with Gasteiger partial charge in [0.05, 0.1) is 13.2 Å². The first-order valence-electron chi connectivity index (χ1n) is 6.88. The summed E-state index contributed by atoms with van der Waals surface area (Å²) in [6.07, 6.45) is 1.92. The third-order valence-electron chi connectivity index (χ3n) is 3.48. The molecule has 1 N–H and O–H groups in total. The summed E-state index contributed by atoms with van der Waals surface area (Å²) in [6.45, 7) is 2.32. The number of carbonyl (C=O) groups excluding carboxylic acids is 1. The van der Waals surface area contributed by atoms with Crippen LogP contribution in [0.1, 0.15) is 37.9 Å². The Balaban J connectivity index is 2.11. The number of halogens is 1. The number of aliphatic hydroxyl groups is 1. The van der Waals surface area contributed by atoms with Crippen molar-refractivity contribution >= 4 is 5.97 Å². The maximum atomic E-state index is 13.3. The molecule has 1 aliphatic rings. The number of ether oxygens (including phenoxy) is 2. The molecule has 0 aromatic heterocycles. The summed E-state index contributed by atoms with van der Waals surface area (Å²) in [5, 5.41) is 9.94. The van der Waals surface area contributed by atoms with Crippen LogP contribution in [0.4, 0.5) is 4.39 Å². The van der Waals surface area contributed by atoms with Crippen molar-refractivity contribution in [3.63, 3.8) is 0 Å². The summed E-state index contributed by atoms with van der Waals surface area (Å²) < 4.78 is 23.7. The number of hydrogen-bond donors (Lipinski definition) is 1. The lowest BCUT2D eigenvalue weighted by Crippen LogP contribution is -2.21. The van der Waals surface area contributed by atoms with Crippen LogP contribution in [0.2, 0.25) is 0 Å². The van der Waals surface area contributed by atoms with Crippen molar-refractivity contribution in [1.82, 2.24) is 0 Å². The van der Waals surface area contributed by atoms with Crippen molar-refractivity contribution in [2.75, 3.05) is 13.2 Å². The Hall–Kier alpha value is -1.62. The topological polar surface area (TPSA) is 55.8 Å². The normalized spacial score (nSPS) is 16.4. The van der Waals surface area contributed by atoms with E-state index in [4.69, 9.17) is 9.47 Å². The van der Waals surface area contributed by atoms with Gasteiger partial charge in [-0.25, -0.2) is 9.18 Å². The number of rotatable bonds is 6. The molecule has 20 heavy (non-hydrogen) atoms. The van der Waals surface area contributed by atoms with E-state index in [1.165, 1.54) is 18.6 Å². The molecule has 0 heterocycles. The summed E-state index contributed by atoms with van der Waals surface area (Å²) in [4.78, 5) is 11.6. The molecule has 0 saturated heterocycles. The fourth-order valence-electron chi connectivity index (χ4n) is 2.08. The first-order valence-corrected chi connectivity index (χ1v) is 6.88. The first kappa shape index (κ1) is 14.8. The van der Waals surface area contributed by atoms with Gasteiger partial charge in [-0.05, 0) is 43.9 Å². The Morgan fingerprint density at radius 3 is 2.85 bits per heavy atom. The summed E-state index contributed by atoms with van der Waals surface area (Å²) in [5.74, 6) is -0.488. The molecule has 110 valence electrons. The zero-order chi connectivity index (χ0) is 14.5. The molecule has 1 saturated carbocycles. The van der Waals surface area contributed by atoms with Crippen LogP contribution in [0.3, 0.4) is 0 Å². The number of esters is 1. The molecule has 0 radical (unpaired) electrons. The Morgan fingerprint density at radius 2 is 2.25 bits per heavy atom. The average molecular weight is 282 g/mol. The van der Waals surface area contributed by atoms with Crippen LogP contribution in [0.5, 0.6) is 5.75 Å². The summed E-state index contributed by atoms with van der Waals surface area (Å²) >= 11 is 0. The lowest BCUT2D eigenvalue weighted by molar-refractivity contribution is -0.153. The van der Waals surface area contributed by atoms with Gasteiger partial charge in [-0.3, -0.25) is 0 Å². The molecule has 0 spiro atoms. The van der Waals surface area contributed by atoms with Gasteiger partial charge in [0.15, 0.2) is 6.10 Å². The van der Waals surface area contributed by atoms with Crippen molar-refractivity contribution < 1.29 is 23.8 Å². The molecule has 1 aliphatic carbocycles. The Kier molecular flexibility index (Phi) is 4.95. The zero-order valence-electron chi connectivity index (χ0n) is 11.5. The molecule has 1 fully saturated rings. The smallest absolute Gasteiger partial charge is 0.339 e. The predicted octanol–water partition coefficient (Wildman–Crippen LogP) is 2.60. The van der Waals surface area contributed by atoms with E-state index in [0.717, 1.165) is 18.9 Å². The quantitative estimate of drug-likeness (QED) is 0.815. The SMILES string of the molecule is CCOC(=O)C(O)c1cc(F)ccc1OCC1CCC1. The van der Waals surface area contributed by atoms with E-state index < -0.39 is 17.9 Å². The van der Waals surface area contributed by atoms with Crippen LogP contribution in [-0.2, 0) is 9.53 Å². The molecule has 2 rings (SSSR count). The van der Waals surface area contributed by atoms with Crippen molar-refractivity contribution in [2.45, 2.75) is 32.3 Å².